The van der Waals surface area contributed by atoms with E-state index in [0.29, 0.717) is 5.89 Å². The van der Waals surface area contributed by atoms with Crippen molar-refractivity contribution in [2.75, 3.05) is 13.2 Å². The van der Waals surface area contributed by atoms with E-state index in [2.05, 4.69) is 4.98 Å². The minimum Gasteiger partial charge on any atom is -0.446 e. The molecule has 2 heterocycles. The van der Waals surface area contributed by atoms with Crippen LogP contribution in [0.4, 0.5) is 0 Å². The minimum absolute atomic E-state index is 0.0228. The van der Waals surface area contributed by atoms with Crippen molar-refractivity contribution in [2.45, 2.75) is 31.8 Å². The van der Waals surface area contributed by atoms with Crippen molar-refractivity contribution < 1.29 is 14.3 Å². The molecule has 0 bridgehead atoms. The van der Waals surface area contributed by atoms with Crippen molar-refractivity contribution in [2.24, 2.45) is 0 Å². The molecule has 2 rings (SSSR count). The molecular formula is C10H15NO3. The number of oxazole rings is 1. The summed E-state index contributed by atoms with van der Waals surface area (Å²) in [6.45, 7) is 2.80. The maximum Gasteiger partial charge on any atom is 0.223 e. The fraction of sp³-hybridized carbons (Fsp3) is 0.700. The monoisotopic (exact) mass is 197 g/mol. The van der Waals surface area contributed by atoms with Crippen LogP contribution in [0.2, 0.25) is 0 Å². The first-order chi connectivity index (χ1) is 6.81. The van der Waals surface area contributed by atoms with Crippen LogP contribution in [-0.4, -0.2) is 23.3 Å². The molecule has 1 N–H and O–H groups in total. The first kappa shape index (κ1) is 9.68. The number of hydrogen-bond acceptors (Lipinski definition) is 4. The Labute approximate surface area is 82.9 Å². The standard InChI is InChI=1S/C10H15NO3/c1-7(5-12)8-6-14-10(11-8)9-3-2-4-13-9/h6-7,9,12H,2-5H2,1H3. The van der Waals surface area contributed by atoms with Gasteiger partial charge in [0.25, 0.3) is 0 Å². The SMILES string of the molecule is CC(CO)c1coc(C2CCCO2)n1. The molecule has 1 aromatic heterocycles. The van der Waals surface area contributed by atoms with Gasteiger partial charge in [0.05, 0.1) is 12.3 Å². The van der Waals surface area contributed by atoms with E-state index in [9.17, 15) is 0 Å². The lowest BCUT2D eigenvalue weighted by atomic mass is 10.1. The van der Waals surface area contributed by atoms with Gasteiger partial charge in [0.15, 0.2) is 0 Å². The van der Waals surface area contributed by atoms with Crippen LogP contribution < -0.4 is 0 Å². The molecule has 2 atom stereocenters. The molecular weight excluding hydrogens is 182 g/mol. The molecule has 0 aromatic carbocycles. The Morgan fingerprint density at radius 1 is 1.71 bits per heavy atom. The highest BCUT2D eigenvalue weighted by Gasteiger charge is 2.23. The van der Waals surface area contributed by atoms with Crippen LogP contribution in [0.25, 0.3) is 0 Å². The summed E-state index contributed by atoms with van der Waals surface area (Å²) in [5.41, 5.74) is 0.804. The zero-order valence-corrected chi connectivity index (χ0v) is 8.27. The first-order valence-electron chi connectivity index (χ1n) is 4.99. The van der Waals surface area contributed by atoms with Crippen LogP contribution in [0, 0.1) is 0 Å². The number of ether oxygens (including phenoxy) is 1. The number of nitrogens with zero attached hydrogens (tertiary/aromatic N) is 1. The number of rotatable bonds is 3. The van der Waals surface area contributed by atoms with E-state index in [4.69, 9.17) is 14.3 Å². The number of aromatic nitrogens is 1. The molecule has 4 nitrogen and oxygen atoms in total. The Kier molecular flexibility index (Phi) is 2.84. The van der Waals surface area contributed by atoms with Crippen LogP contribution in [-0.2, 0) is 4.74 Å². The summed E-state index contributed by atoms with van der Waals surface area (Å²) in [5.74, 6) is 0.687. The molecule has 1 aromatic rings. The molecule has 14 heavy (non-hydrogen) atoms. The zero-order chi connectivity index (χ0) is 9.97. The fourth-order valence-corrected chi connectivity index (χ4v) is 1.54. The van der Waals surface area contributed by atoms with Gasteiger partial charge in [-0.05, 0) is 12.8 Å². The van der Waals surface area contributed by atoms with E-state index < -0.39 is 0 Å². The number of aliphatic hydroxyl groups is 1. The van der Waals surface area contributed by atoms with Gasteiger partial charge in [-0.1, -0.05) is 6.92 Å². The van der Waals surface area contributed by atoms with Crippen molar-refractivity contribution in [3.05, 3.63) is 17.8 Å². The molecule has 1 aliphatic heterocycles. The van der Waals surface area contributed by atoms with E-state index in [1.54, 1.807) is 6.26 Å². The zero-order valence-electron chi connectivity index (χ0n) is 8.27. The molecule has 1 saturated heterocycles. The number of aliphatic hydroxyl groups excluding tert-OH is 1. The van der Waals surface area contributed by atoms with Crippen LogP contribution in [0.5, 0.6) is 0 Å². The van der Waals surface area contributed by atoms with E-state index in [0.717, 1.165) is 25.1 Å². The van der Waals surface area contributed by atoms with Crippen molar-refractivity contribution in [1.29, 1.82) is 0 Å². The summed E-state index contributed by atoms with van der Waals surface area (Å²) in [5, 5.41) is 8.95. The van der Waals surface area contributed by atoms with Gasteiger partial charge in [-0.15, -0.1) is 0 Å². The molecule has 0 saturated carbocycles. The van der Waals surface area contributed by atoms with Crippen LogP contribution in [0.1, 0.15) is 43.4 Å². The topological polar surface area (TPSA) is 55.5 Å². The third kappa shape index (κ3) is 1.81. The molecule has 78 valence electrons. The smallest absolute Gasteiger partial charge is 0.223 e. The maximum absolute atomic E-state index is 8.95. The van der Waals surface area contributed by atoms with Crippen LogP contribution >= 0.6 is 0 Å². The maximum atomic E-state index is 8.95. The van der Waals surface area contributed by atoms with Gasteiger partial charge in [0.2, 0.25) is 5.89 Å². The lowest BCUT2D eigenvalue weighted by Gasteiger charge is -2.03. The van der Waals surface area contributed by atoms with E-state index >= 15 is 0 Å². The average Bonchev–Trinajstić information content (AvgIpc) is 2.86. The van der Waals surface area contributed by atoms with Crippen molar-refractivity contribution >= 4 is 0 Å². The van der Waals surface area contributed by atoms with Gasteiger partial charge in [0, 0.05) is 12.5 Å². The van der Waals surface area contributed by atoms with Gasteiger partial charge in [-0.2, -0.15) is 0 Å². The molecule has 1 fully saturated rings. The minimum atomic E-state index is 0.0228. The lowest BCUT2D eigenvalue weighted by molar-refractivity contribution is 0.0891. The van der Waals surface area contributed by atoms with Crippen LogP contribution in [0.3, 0.4) is 0 Å². The molecule has 0 spiro atoms. The van der Waals surface area contributed by atoms with Gasteiger partial charge in [0.1, 0.15) is 12.4 Å². The predicted molar refractivity (Wildman–Crippen MR) is 49.9 cm³/mol. The average molecular weight is 197 g/mol. The summed E-state index contributed by atoms with van der Waals surface area (Å²) in [6.07, 6.45) is 3.68. The van der Waals surface area contributed by atoms with E-state index in [1.807, 2.05) is 6.92 Å². The summed E-state index contributed by atoms with van der Waals surface area (Å²) in [6, 6.07) is 0. The Balaban J connectivity index is 2.08. The van der Waals surface area contributed by atoms with E-state index in [1.165, 1.54) is 0 Å². The highest BCUT2D eigenvalue weighted by atomic mass is 16.5. The second-order valence-electron chi connectivity index (χ2n) is 3.70. The molecule has 0 amide bonds. The van der Waals surface area contributed by atoms with Gasteiger partial charge < -0.3 is 14.3 Å². The quantitative estimate of drug-likeness (QED) is 0.800. The molecule has 0 aliphatic carbocycles. The first-order valence-corrected chi connectivity index (χ1v) is 4.99. The lowest BCUT2D eigenvalue weighted by Crippen LogP contribution is -2.01. The largest absolute Gasteiger partial charge is 0.446 e. The van der Waals surface area contributed by atoms with E-state index in [-0.39, 0.29) is 18.6 Å². The summed E-state index contributed by atoms with van der Waals surface area (Å²) < 4.78 is 10.8. The fourth-order valence-electron chi connectivity index (χ4n) is 1.54. The Bertz CT molecular complexity index is 291. The van der Waals surface area contributed by atoms with Gasteiger partial charge in [-0.3, -0.25) is 0 Å². The van der Waals surface area contributed by atoms with Crippen molar-refractivity contribution in [1.82, 2.24) is 4.98 Å². The normalized spacial score (nSPS) is 24.0. The third-order valence-electron chi connectivity index (χ3n) is 2.52. The Hall–Kier alpha value is -0.870. The summed E-state index contributed by atoms with van der Waals surface area (Å²) in [7, 11) is 0. The highest BCUT2D eigenvalue weighted by molar-refractivity contribution is 5.04. The van der Waals surface area contributed by atoms with Crippen molar-refractivity contribution in [3.63, 3.8) is 0 Å². The van der Waals surface area contributed by atoms with Gasteiger partial charge >= 0.3 is 0 Å². The molecule has 2 unspecified atom stereocenters. The molecule has 1 aliphatic rings. The second-order valence-corrected chi connectivity index (χ2v) is 3.70. The highest BCUT2D eigenvalue weighted by Crippen LogP contribution is 2.28. The summed E-state index contributed by atoms with van der Waals surface area (Å²) in [4.78, 5) is 4.31. The Morgan fingerprint density at radius 3 is 3.21 bits per heavy atom. The molecule has 0 radical (unpaired) electrons. The third-order valence-corrected chi connectivity index (χ3v) is 2.52. The second kappa shape index (κ2) is 4.11. The number of hydrogen-bond donors (Lipinski definition) is 1. The Morgan fingerprint density at radius 2 is 2.57 bits per heavy atom. The summed E-state index contributed by atoms with van der Waals surface area (Å²) >= 11 is 0. The molecule has 4 heteroatoms. The van der Waals surface area contributed by atoms with Gasteiger partial charge in [-0.25, -0.2) is 4.98 Å². The predicted octanol–water partition coefficient (Wildman–Crippen LogP) is 1.62. The van der Waals surface area contributed by atoms with Crippen molar-refractivity contribution in [3.8, 4) is 0 Å². The van der Waals surface area contributed by atoms with Crippen LogP contribution in [0.15, 0.2) is 10.7 Å².